The van der Waals surface area contributed by atoms with E-state index in [2.05, 4.69) is 47.8 Å². The molecule has 2 nitrogen and oxygen atoms in total. The fraction of sp³-hybridized carbons (Fsp3) is 0.263. The van der Waals surface area contributed by atoms with E-state index >= 15 is 0 Å². The zero-order valence-corrected chi connectivity index (χ0v) is 13.2. The zero-order valence-electron chi connectivity index (χ0n) is 12.4. The SMILES string of the molecule is COc1ccc(Cl)c2c1N[C@H](c1ccccc1)[C@H]1CC=C[C@@H]21. The standard InChI is InChI=1S/C19H18ClNO/c1-22-16-11-10-15(20)17-13-8-5-9-14(13)18(21-19(16)17)12-6-3-2-4-7-12/h2-8,10-11,13-14,18,21H,9H2,1H3/t13-,14+,18-/m1/s1. The first-order valence-electron chi connectivity index (χ1n) is 7.64. The second-order valence-corrected chi connectivity index (χ2v) is 6.33. The molecule has 2 aromatic carbocycles. The summed E-state index contributed by atoms with van der Waals surface area (Å²) in [5, 5.41) is 4.51. The number of anilines is 1. The van der Waals surface area contributed by atoms with Crippen LogP contribution in [0.4, 0.5) is 5.69 Å². The summed E-state index contributed by atoms with van der Waals surface area (Å²) in [5.74, 6) is 1.71. The quantitative estimate of drug-likeness (QED) is 0.772. The van der Waals surface area contributed by atoms with Crippen LogP contribution in [-0.2, 0) is 0 Å². The maximum Gasteiger partial charge on any atom is 0.142 e. The minimum atomic E-state index is 0.279. The van der Waals surface area contributed by atoms with E-state index < -0.39 is 0 Å². The normalized spacial score (nSPS) is 25.3. The number of nitrogens with one attached hydrogen (secondary N) is 1. The Morgan fingerprint density at radius 1 is 1.14 bits per heavy atom. The first kappa shape index (κ1) is 13.7. The molecule has 0 amide bonds. The van der Waals surface area contributed by atoms with Crippen LogP contribution in [0.15, 0.2) is 54.6 Å². The lowest BCUT2D eigenvalue weighted by atomic mass is 9.77. The third kappa shape index (κ3) is 2.02. The van der Waals surface area contributed by atoms with Crippen molar-refractivity contribution >= 4 is 17.3 Å². The number of methoxy groups -OCH3 is 1. The predicted octanol–water partition coefficient (Wildman–Crippen LogP) is 5.18. The minimum Gasteiger partial charge on any atom is -0.495 e. The molecule has 1 N–H and O–H groups in total. The van der Waals surface area contributed by atoms with Gasteiger partial charge in [-0.2, -0.15) is 0 Å². The first-order valence-corrected chi connectivity index (χ1v) is 8.02. The van der Waals surface area contributed by atoms with Gasteiger partial charge in [-0.1, -0.05) is 54.1 Å². The van der Waals surface area contributed by atoms with Gasteiger partial charge in [0.25, 0.3) is 0 Å². The van der Waals surface area contributed by atoms with Crippen molar-refractivity contribution in [1.82, 2.24) is 0 Å². The number of hydrogen-bond donors (Lipinski definition) is 1. The van der Waals surface area contributed by atoms with Crippen LogP contribution in [0, 0.1) is 5.92 Å². The number of allylic oxidation sites excluding steroid dienone is 2. The molecule has 0 spiro atoms. The van der Waals surface area contributed by atoms with E-state index in [0.29, 0.717) is 11.8 Å². The highest BCUT2D eigenvalue weighted by Gasteiger charge is 2.40. The number of hydrogen-bond acceptors (Lipinski definition) is 2. The van der Waals surface area contributed by atoms with Gasteiger partial charge in [-0.3, -0.25) is 0 Å². The topological polar surface area (TPSA) is 21.3 Å². The molecule has 0 unspecified atom stereocenters. The highest BCUT2D eigenvalue weighted by molar-refractivity contribution is 6.32. The second kappa shape index (κ2) is 5.36. The molecule has 4 rings (SSSR count). The molecule has 0 aromatic heterocycles. The fourth-order valence-electron chi connectivity index (χ4n) is 3.80. The van der Waals surface area contributed by atoms with Crippen LogP contribution >= 0.6 is 11.6 Å². The van der Waals surface area contributed by atoms with Gasteiger partial charge in [0.2, 0.25) is 0 Å². The van der Waals surface area contributed by atoms with Crippen LogP contribution in [0.1, 0.15) is 29.5 Å². The van der Waals surface area contributed by atoms with E-state index in [4.69, 9.17) is 16.3 Å². The van der Waals surface area contributed by atoms with Crippen LogP contribution in [0.2, 0.25) is 5.02 Å². The third-order valence-electron chi connectivity index (χ3n) is 4.81. The van der Waals surface area contributed by atoms with Gasteiger partial charge in [0.15, 0.2) is 0 Å². The lowest BCUT2D eigenvalue weighted by Gasteiger charge is -2.38. The molecule has 2 aliphatic rings. The molecule has 22 heavy (non-hydrogen) atoms. The van der Waals surface area contributed by atoms with Gasteiger partial charge in [-0.05, 0) is 30.0 Å². The molecule has 3 heteroatoms. The zero-order chi connectivity index (χ0) is 15.1. The van der Waals surface area contributed by atoms with Gasteiger partial charge in [0.05, 0.1) is 18.8 Å². The maximum absolute atomic E-state index is 6.50. The molecule has 112 valence electrons. The Hall–Kier alpha value is -1.93. The Labute approximate surface area is 135 Å². The van der Waals surface area contributed by atoms with E-state index in [1.807, 2.05) is 12.1 Å². The van der Waals surface area contributed by atoms with Gasteiger partial charge < -0.3 is 10.1 Å². The summed E-state index contributed by atoms with van der Waals surface area (Å²) in [6.07, 6.45) is 5.65. The Morgan fingerprint density at radius 3 is 2.73 bits per heavy atom. The average molecular weight is 312 g/mol. The molecule has 2 aromatic rings. The highest BCUT2D eigenvalue weighted by atomic mass is 35.5. The number of benzene rings is 2. The van der Waals surface area contributed by atoms with Gasteiger partial charge in [0.1, 0.15) is 5.75 Å². The third-order valence-corrected chi connectivity index (χ3v) is 5.14. The van der Waals surface area contributed by atoms with Crippen LogP contribution in [0.5, 0.6) is 5.75 Å². The Bertz CT molecular complexity index is 726. The average Bonchev–Trinajstić information content (AvgIpc) is 3.04. The van der Waals surface area contributed by atoms with Gasteiger partial charge >= 0.3 is 0 Å². The largest absolute Gasteiger partial charge is 0.495 e. The molecule has 3 atom stereocenters. The van der Waals surface area contributed by atoms with Gasteiger partial charge in [0, 0.05) is 16.5 Å². The predicted molar refractivity (Wildman–Crippen MR) is 90.8 cm³/mol. The van der Waals surface area contributed by atoms with Crippen molar-refractivity contribution in [1.29, 1.82) is 0 Å². The molecule has 0 bridgehead atoms. The summed E-state index contributed by atoms with van der Waals surface area (Å²) in [6.45, 7) is 0. The fourth-order valence-corrected chi connectivity index (χ4v) is 4.08. The van der Waals surface area contributed by atoms with Crippen molar-refractivity contribution in [2.75, 3.05) is 12.4 Å². The molecule has 0 fully saturated rings. The monoisotopic (exact) mass is 311 g/mol. The van der Waals surface area contributed by atoms with E-state index in [-0.39, 0.29) is 6.04 Å². The second-order valence-electron chi connectivity index (χ2n) is 5.92. The molecule has 0 radical (unpaired) electrons. The lowest BCUT2D eigenvalue weighted by molar-refractivity contribution is 0.397. The summed E-state index contributed by atoms with van der Waals surface area (Å²) < 4.78 is 5.56. The van der Waals surface area contributed by atoms with E-state index in [9.17, 15) is 0 Å². The van der Waals surface area contributed by atoms with Gasteiger partial charge in [-0.15, -0.1) is 0 Å². The van der Waals surface area contributed by atoms with E-state index in [1.165, 1.54) is 11.1 Å². The summed E-state index contributed by atoms with van der Waals surface area (Å²) >= 11 is 6.50. The molecular weight excluding hydrogens is 294 g/mol. The van der Waals surface area contributed by atoms with Crippen molar-refractivity contribution in [3.05, 3.63) is 70.8 Å². The summed E-state index contributed by atoms with van der Waals surface area (Å²) in [5.41, 5.74) is 3.53. The molecule has 0 saturated carbocycles. The van der Waals surface area contributed by atoms with Gasteiger partial charge in [-0.25, -0.2) is 0 Å². The Balaban J connectivity index is 1.87. The van der Waals surface area contributed by atoms with Crippen molar-refractivity contribution < 1.29 is 4.74 Å². The number of halogens is 1. The van der Waals surface area contributed by atoms with Crippen molar-refractivity contribution in [2.24, 2.45) is 5.92 Å². The Kier molecular flexibility index (Phi) is 3.34. The number of rotatable bonds is 2. The molecular formula is C19H18ClNO. The number of ether oxygens (including phenoxy) is 1. The Morgan fingerprint density at radius 2 is 1.95 bits per heavy atom. The van der Waals surface area contributed by atoms with Crippen LogP contribution in [-0.4, -0.2) is 7.11 Å². The molecule has 0 saturated heterocycles. The highest BCUT2D eigenvalue weighted by Crippen LogP contribution is 2.54. The molecule has 1 aliphatic heterocycles. The maximum atomic E-state index is 6.50. The minimum absolute atomic E-state index is 0.279. The summed E-state index contributed by atoms with van der Waals surface area (Å²) in [6, 6.07) is 14.8. The summed E-state index contributed by atoms with van der Waals surface area (Å²) in [7, 11) is 1.71. The van der Waals surface area contributed by atoms with Crippen molar-refractivity contribution in [3.8, 4) is 5.75 Å². The first-order chi connectivity index (χ1) is 10.8. The van der Waals surface area contributed by atoms with Crippen LogP contribution < -0.4 is 10.1 Å². The van der Waals surface area contributed by atoms with E-state index in [0.717, 1.165) is 22.9 Å². The van der Waals surface area contributed by atoms with E-state index in [1.54, 1.807) is 7.11 Å². The van der Waals surface area contributed by atoms with Crippen molar-refractivity contribution in [3.63, 3.8) is 0 Å². The summed E-state index contributed by atoms with van der Waals surface area (Å²) in [4.78, 5) is 0. The van der Waals surface area contributed by atoms with Crippen LogP contribution in [0.3, 0.4) is 0 Å². The molecule has 1 aliphatic carbocycles. The van der Waals surface area contributed by atoms with Crippen LogP contribution in [0.25, 0.3) is 0 Å². The number of fused-ring (bicyclic) bond motifs is 3. The van der Waals surface area contributed by atoms with Crippen molar-refractivity contribution in [2.45, 2.75) is 18.4 Å². The molecule has 1 heterocycles. The lowest BCUT2D eigenvalue weighted by Crippen LogP contribution is -2.29. The smallest absolute Gasteiger partial charge is 0.142 e.